The van der Waals surface area contributed by atoms with Crippen molar-refractivity contribution in [2.24, 2.45) is 15.2 Å². The lowest BCUT2D eigenvalue weighted by molar-refractivity contribution is -0.136. The van der Waals surface area contributed by atoms with Crippen LogP contribution >= 0.6 is 0 Å². The van der Waals surface area contributed by atoms with Crippen LogP contribution in [0.2, 0.25) is 0 Å². The highest BCUT2D eigenvalue weighted by Crippen LogP contribution is 2.07. The van der Waals surface area contributed by atoms with Gasteiger partial charge >= 0.3 is 5.97 Å². The summed E-state index contributed by atoms with van der Waals surface area (Å²) in [6.45, 7) is 7.11. The third kappa shape index (κ3) is 4.29. The molecule has 0 aliphatic carbocycles. The average Bonchev–Trinajstić information content (AvgIpc) is 2.31. The van der Waals surface area contributed by atoms with Crippen LogP contribution in [0.1, 0.15) is 25.0 Å². The Bertz CT molecular complexity index is 497. The molecule has 0 aliphatic heterocycles. The Labute approximate surface area is 106 Å². The summed E-state index contributed by atoms with van der Waals surface area (Å²) in [6, 6.07) is 6.97. The summed E-state index contributed by atoms with van der Waals surface area (Å²) in [4.78, 5) is 14.3. The second-order valence-electron chi connectivity index (χ2n) is 3.90. The summed E-state index contributed by atoms with van der Waals surface area (Å²) < 4.78 is 0. The average molecular weight is 245 g/mol. The van der Waals surface area contributed by atoms with Crippen molar-refractivity contribution in [3.63, 3.8) is 0 Å². The fourth-order valence-corrected chi connectivity index (χ4v) is 1.27. The van der Waals surface area contributed by atoms with Gasteiger partial charge in [-0.2, -0.15) is 5.10 Å². The molecule has 0 saturated carbocycles. The Morgan fingerprint density at radius 2 is 1.83 bits per heavy atom. The van der Waals surface area contributed by atoms with Gasteiger partial charge in [-0.25, -0.2) is 4.99 Å². The van der Waals surface area contributed by atoms with E-state index in [1.54, 1.807) is 24.3 Å². The number of amidine groups is 1. The summed E-state index contributed by atoms with van der Waals surface area (Å²) >= 11 is 0. The summed E-state index contributed by atoms with van der Waals surface area (Å²) in [5.74, 6) is -0.442. The van der Waals surface area contributed by atoms with Crippen molar-refractivity contribution >= 4 is 24.2 Å². The van der Waals surface area contributed by atoms with Gasteiger partial charge in [0, 0.05) is 11.3 Å². The van der Waals surface area contributed by atoms with Gasteiger partial charge in [0.2, 0.25) is 0 Å². The molecule has 0 saturated heterocycles. The number of benzene rings is 1. The molecule has 0 aromatic heterocycles. The van der Waals surface area contributed by atoms with E-state index < -0.39 is 5.97 Å². The van der Waals surface area contributed by atoms with Crippen LogP contribution < -0.4 is 0 Å². The molecule has 94 valence electrons. The van der Waals surface area contributed by atoms with E-state index in [-0.39, 0.29) is 6.42 Å². The van der Waals surface area contributed by atoms with Crippen molar-refractivity contribution in [2.75, 3.05) is 0 Å². The lowest BCUT2D eigenvalue weighted by atomic mass is 10.1. The molecular weight excluding hydrogens is 230 g/mol. The molecule has 0 bridgehead atoms. The standard InChI is InChI=1S/C13H15N3O2/c1-9(2)15-16-13(14-3)11-6-4-10(5-7-11)8-12(17)18/h4-7H,3,8H2,1-2H3,(H,17,18)/b16-13-. The van der Waals surface area contributed by atoms with Crippen molar-refractivity contribution in [1.29, 1.82) is 0 Å². The van der Waals surface area contributed by atoms with E-state index in [1.807, 2.05) is 13.8 Å². The molecular formula is C13H15N3O2. The minimum Gasteiger partial charge on any atom is -0.481 e. The van der Waals surface area contributed by atoms with Crippen LogP contribution in [0.25, 0.3) is 0 Å². The number of nitrogens with zero attached hydrogens (tertiary/aromatic N) is 3. The summed E-state index contributed by atoms with van der Waals surface area (Å²) in [7, 11) is 0. The van der Waals surface area contributed by atoms with Gasteiger partial charge < -0.3 is 5.11 Å². The Hall–Kier alpha value is -2.30. The number of aliphatic imine (C=N–C) groups is 1. The van der Waals surface area contributed by atoms with E-state index in [4.69, 9.17) is 5.11 Å². The molecule has 0 heterocycles. The van der Waals surface area contributed by atoms with Gasteiger partial charge in [-0.1, -0.05) is 24.3 Å². The number of hydrogen-bond donors (Lipinski definition) is 1. The second-order valence-corrected chi connectivity index (χ2v) is 3.90. The van der Waals surface area contributed by atoms with Crippen LogP contribution in [-0.2, 0) is 11.2 Å². The third-order valence-corrected chi connectivity index (χ3v) is 2.06. The molecule has 5 nitrogen and oxygen atoms in total. The van der Waals surface area contributed by atoms with E-state index in [2.05, 4.69) is 21.9 Å². The highest BCUT2D eigenvalue weighted by Gasteiger charge is 2.03. The molecule has 18 heavy (non-hydrogen) atoms. The molecule has 0 fully saturated rings. The van der Waals surface area contributed by atoms with Gasteiger partial charge in [0.25, 0.3) is 0 Å². The van der Waals surface area contributed by atoms with Crippen LogP contribution in [0, 0.1) is 0 Å². The predicted octanol–water partition coefficient (Wildman–Crippen LogP) is 2.16. The maximum atomic E-state index is 10.6. The highest BCUT2D eigenvalue weighted by molar-refractivity contribution is 6.01. The van der Waals surface area contributed by atoms with Crippen LogP contribution in [-0.4, -0.2) is 29.3 Å². The normalized spacial score (nSPS) is 10.9. The van der Waals surface area contributed by atoms with Gasteiger partial charge in [-0.15, -0.1) is 5.10 Å². The van der Waals surface area contributed by atoms with E-state index in [0.29, 0.717) is 5.84 Å². The molecule has 1 aromatic rings. The minimum atomic E-state index is -0.857. The highest BCUT2D eigenvalue weighted by atomic mass is 16.4. The zero-order chi connectivity index (χ0) is 13.5. The van der Waals surface area contributed by atoms with Crippen molar-refractivity contribution in [3.8, 4) is 0 Å². The van der Waals surface area contributed by atoms with E-state index in [1.165, 1.54) is 0 Å². The van der Waals surface area contributed by atoms with Gasteiger partial charge in [-0.3, -0.25) is 4.79 Å². The van der Waals surface area contributed by atoms with Crippen LogP contribution in [0.5, 0.6) is 0 Å². The monoisotopic (exact) mass is 245 g/mol. The Balaban J connectivity index is 2.95. The van der Waals surface area contributed by atoms with E-state index in [0.717, 1.165) is 16.8 Å². The molecule has 1 N–H and O–H groups in total. The zero-order valence-corrected chi connectivity index (χ0v) is 10.4. The number of carboxylic acids is 1. The predicted molar refractivity (Wildman–Crippen MR) is 72.7 cm³/mol. The van der Waals surface area contributed by atoms with Crippen molar-refractivity contribution in [1.82, 2.24) is 0 Å². The molecule has 0 aliphatic rings. The van der Waals surface area contributed by atoms with Gasteiger partial charge in [0.1, 0.15) is 0 Å². The van der Waals surface area contributed by atoms with Gasteiger partial charge in [-0.05, 0) is 26.1 Å². The minimum absolute atomic E-state index is 0.000491. The second kappa shape index (κ2) is 6.44. The fourth-order valence-electron chi connectivity index (χ4n) is 1.27. The Morgan fingerprint density at radius 1 is 1.22 bits per heavy atom. The number of rotatable bonds is 4. The molecule has 1 aromatic carbocycles. The quantitative estimate of drug-likeness (QED) is 0.501. The first-order chi connectivity index (χ1) is 8.52. The first-order valence-corrected chi connectivity index (χ1v) is 5.39. The van der Waals surface area contributed by atoms with Crippen molar-refractivity contribution in [3.05, 3.63) is 35.4 Å². The van der Waals surface area contributed by atoms with Crippen molar-refractivity contribution < 1.29 is 9.90 Å². The van der Waals surface area contributed by atoms with Gasteiger partial charge in [0.05, 0.1) is 6.42 Å². The van der Waals surface area contributed by atoms with E-state index >= 15 is 0 Å². The van der Waals surface area contributed by atoms with Crippen LogP contribution in [0.3, 0.4) is 0 Å². The Kier molecular flexibility index (Phi) is 4.92. The smallest absolute Gasteiger partial charge is 0.307 e. The number of carbonyl (C=O) groups is 1. The van der Waals surface area contributed by atoms with Gasteiger partial charge in [0.15, 0.2) is 5.84 Å². The maximum Gasteiger partial charge on any atom is 0.307 e. The molecule has 0 unspecified atom stereocenters. The number of hydrogen-bond acceptors (Lipinski definition) is 3. The summed E-state index contributed by atoms with van der Waals surface area (Å²) in [5, 5.41) is 16.5. The zero-order valence-electron chi connectivity index (χ0n) is 10.4. The summed E-state index contributed by atoms with van der Waals surface area (Å²) in [6.07, 6.45) is 0.000491. The molecule has 0 spiro atoms. The van der Waals surface area contributed by atoms with Crippen LogP contribution in [0.15, 0.2) is 39.5 Å². The lowest BCUT2D eigenvalue weighted by Gasteiger charge is -2.01. The number of aliphatic carboxylic acids is 1. The fraction of sp³-hybridized carbons (Fsp3) is 0.231. The largest absolute Gasteiger partial charge is 0.481 e. The summed E-state index contributed by atoms with van der Waals surface area (Å²) in [5.41, 5.74) is 2.30. The third-order valence-electron chi connectivity index (χ3n) is 2.06. The SMILES string of the molecule is C=N/C(=N\N=C(C)C)c1ccc(CC(=O)O)cc1. The first-order valence-electron chi connectivity index (χ1n) is 5.39. The first kappa shape index (κ1) is 13.8. The topological polar surface area (TPSA) is 74.4 Å². The molecule has 0 atom stereocenters. The lowest BCUT2D eigenvalue weighted by Crippen LogP contribution is -2.01. The van der Waals surface area contributed by atoms with Crippen molar-refractivity contribution in [2.45, 2.75) is 20.3 Å². The molecule has 1 rings (SSSR count). The molecule has 5 heteroatoms. The maximum absolute atomic E-state index is 10.6. The number of carboxylic acid groups (broad SMARTS) is 1. The molecule has 0 radical (unpaired) electrons. The Morgan fingerprint density at radius 3 is 2.28 bits per heavy atom. The van der Waals surface area contributed by atoms with Crippen LogP contribution in [0.4, 0.5) is 0 Å². The van der Waals surface area contributed by atoms with E-state index in [9.17, 15) is 4.79 Å². The molecule has 0 amide bonds.